The van der Waals surface area contributed by atoms with Crippen LogP contribution in [0.25, 0.3) is 22.7 Å². The molecule has 0 saturated carbocycles. The number of benzene rings is 2. The van der Waals surface area contributed by atoms with Gasteiger partial charge >= 0.3 is 0 Å². The maximum atomic E-state index is 13.2. The van der Waals surface area contributed by atoms with Crippen LogP contribution in [0.15, 0.2) is 70.8 Å². The largest absolute Gasteiger partial charge is 0.299 e. The second-order valence-corrected chi connectivity index (χ2v) is 8.23. The van der Waals surface area contributed by atoms with Crippen molar-refractivity contribution < 1.29 is 8.78 Å². The van der Waals surface area contributed by atoms with E-state index in [4.69, 9.17) is 0 Å². The van der Waals surface area contributed by atoms with Crippen LogP contribution < -0.4 is 0 Å². The van der Waals surface area contributed by atoms with E-state index in [1.54, 1.807) is 12.1 Å². The molecule has 0 saturated heterocycles. The van der Waals surface area contributed by atoms with Gasteiger partial charge in [-0.05, 0) is 49.9 Å². The molecule has 3 aromatic heterocycles. The molecule has 2 aromatic carbocycles. The van der Waals surface area contributed by atoms with Crippen molar-refractivity contribution in [2.45, 2.75) is 30.5 Å². The van der Waals surface area contributed by atoms with E-state index in [0.717, 1.165) is 26.9 Å². The molecule has 160 valence electrons. The zero-order chi connectivity index (χ0) is 22.2. The predicted octanol–water partition coefficient (Wildman–Crippen LogP) is 5.08. The molecule has 0 spiro atoms. The van der Waals surface area contributed by atoms with E-state index in [1.807, 2.05) is 66.9 Å². The van der Waals surface area contributed by atoms with E-state index in [-0.39, 0.29) is 5.65 Å². The molecule has 0 aliphatic heterocycles. The number of nitrogens with zero attached hydrogens (tertiary/aromatic N) is 7. The summed E-state index contributed by atoms with van der Waals surface area (Å²) >= 11 is 1.23. The van der Waals surface area contributed by atoms with Gasteiger partial charge in [0.2, 0.25) is 11.0 Å². The lowest BCUT2D eigenvalue weighted by Crippen LogP contribution is -2.02. The molecule has 0 aliphatic carbocycles. The standard InChI is InChI=1S/C22H17F2N7S/c1-13-3-7-15(8-4-13)20-26-28-22(30(20)16-9-5-14(2)6-10-16)32-18-12-11-17-25-27-21(19(23)24)31(17)29-18/h3-12,19H,1-2H3. The van der Waals surface area contributed by atoms with Crippen molar-refractivity contribution in [1.82, 2.24) is 34.6 Å². The number of rotatable bonds is 5. The SMILES string of the molecule is Cc1ccc(-c2nnc(Sc3ccc4nnc(C(F)F)n4n3)n2-c2ccc(C)cc2)cc1. The Morgan fingerprint density at radius 1 is 0.781 bits per heavy atom. The summed E-state index contributed by atoms with van der Waals surface area (Å²) in [5.74, 6) is 0.179. The number of hydrogen-bond acceptors (Lipinski definition) is 6. The van der Waals surface area contributed by atoms with Crippen molar-refractivity contribution >= 4 is 17.4 Å². The summed E-state index contributed by atoms with van der Waals surface area (Å²) in [6.07, 6.45) is -2.78. The summed E-state index contributed by atoms with van der Waals surface area (Å²) in [5, 5.41) is 21.4. The maximum absolute atomic E-state index is 13.2. The lowest BCUT2D eigenvalue weighted by molar-refractivity contribution is 0.137. The number of fused-ring (bicyclic) bond motifs is 1. The quantitative estimate of drug-likeness (QED) is 0.373. The highest BCUT2D eigenvalue weighted by atomic mass is 32.2. The third-order valence-corrected chi connectivity index (χ3v) is 5.76. The molecule has 10 heteroatoms. The predicted molar refractivity (Wildman–Crippen MR) is 116 cm³/mol. The Balaban J connectivity index is 1.61. The Kier molecular flexibility index (Phi) is 5.14. The van der Waals surface area contributed by atoms with Crippen molar-refractivity contribution in [3.05, 3.63) is 77.6 Å². The third-order valence-electron chi connectivity index (χ3n) is 4.89. The summed E-state index contributed by atoms with van der Waals surface area (Å²) < 4.78 is 29.4. The van der Waals surface area contributed by atoms with Gasteiger partial charge in [0, 0.05) is 11.3 Å². The number of alkyl halides is 2. The smallest absolute Gasteiger partial charge is 0.270 e. The first-order chi connectivity index (χ1) is 15.5. The van der Waals surface area contributed by atoms with Gasteiger partial charge in [0.15, 0.2) is 11.5 Å². The van der Waals surface area contributed by atoms with Gasteiger partial charge in [-0.15, -0.1) is 20.4 Å². The van der Waals surface area contributed by atoms with Crippen LogP contribution in [0.1, 0.15) is 23.4 Å². The fraction of sp³-hybridized carbons (Fsp3) is 0.136. The summed E-state index contributed by atoms with van der Waals surface area (Å²) in [6.45, 7) is 4.04. The van der Waals surface area contributed by atoms with E-state index >= 15 is 0 Å². The normalized spacial score (nSPS) is 11.5. The van der Waals surface area contributed by atoms with Gasteiger partial charge in [-0.1, -0.05) is 47.5 Å². The Morgan fingerprint density at radius 3 is 2.16 bits per heavy atom. The van der Waals surface area contributed by atoms with E-state index in [9.17, 15) is 8.78 Å². The summed E-state index contributed by atoms with van der Waals surface area (Å²) in [4.78, 5) is 0. The number of hydrogen-bond donors (Lipinski definition) is 0. The van der Waals surface area contributed by atoms with Gasteiger partial charge in [-0.3, -0.25) is 4.57 Å². The van der Waals surface area contributed by atoms with Crippen molar-refractivity contribution in [2.75, 3.05) is 0 Å². The first-order valence-electron chi connectivity index (χ1n) is 9.77. The van der Waals surface area contributed by atoms with Gasteiger partial charge in [0.1, 0.15) is 5.03 Å². The zero-order valence-corrected chi connectivity index (χ0v) is 18.0. The molecule has 0 fully saturated rings. The lowest BCUT2D eigenvalue weighted by Gasteiger charge is -2.11. The number of halogens is 2. The van der Waals surface area contributed by atoms with E-state index in [2.05, 4.69) is 25.5 Å². The van der Waals surface area contributed by atoms with Crippen LogP contribution in [-0.4, -0.2) is 34.6 Å². The van der Waals surface area contributed by atoms with Crippen LogP contribution in [0, 0.1) is 13.8 Å². The second-order valence-electron chi connectivity index (χ2n) is 7.25. The molecule has 0 radical (unpaired) electrons. The maximum Gasteiger partial charge on any atom is 0.299 e. The average molecular weight is 449 g/mol. The highest BCUT2D eigenvalue weighted by Crippen LogP contribution is 2.32. The molecule has 7 nitrogen and oxygen atoms in total. The molecule has 0 N–H and O–H groups in total. The monoisotopic (exact) mass is 449 g/mol. The van der Waals surface area contributed by atoms with Crippen LogP contribution in [0.2, 0.25) is 0 Å². The minimum Gasteiger partial charge on any atom is -0.270 e. The number of aromatic nitrogens is 7. The third kappa shape index (κ3) is 3.73. The molecule has 0 bridgehead atoms. The van der Waals surface area contributed by atoms with E-state index < -0.39 is 12.2 Å². The minimum absolute atomic E-state index is 0.255. The zero-order valence-electron chi connectivity index (χ0n) is 17.1. The van der Waals surface area contributed by atoms with E-state index in [0.29, 0.717) is 16.0 Å². The van der Waals surface area contributed by atoms with E-state index in [1.165, 1.54) is 11.8 Å². The first kappa shape index (κ1) is 20.3. The molecule has 32 heavy (non-hydrogen) atoms. The highest BCUT2D eigenvalue weighted by molar-refractivity contribution is 7.99. The van der Waals surface area contributed by atoms with Crippen LogP contribution in [-0.2, 0) is 0 Å². The summed E-state index contributed by atoms with van der Waals surface area (Å²) in [6, 6.07) is 19.3. The van der Waals surface area contributed by atoms with Crippen LogP contribution in [0.3, 0.4) is 0 Å². The van der Waals surface area contributed by atoms with Crippen LogP contribution in [0.5, 0.6) is 0 Å². The lowest BCUT2D eigenvalue weighted by atomic mass is 10.1. The summed E-state index contributed by atoms with van der Waals surface area (Å²) in [7, 11) is 0. The Morgan fingerprint density at radius 2 is 1.47 bits per heavy atom. The van der Waals surface area contributed by atoms with Gasteiger partial charge in [0.25, 0.3) is 6.43 Å². The van der Waals surface area contributed by atoms with Gasteiger partial charge in [-0.2, -0.15) is 9.61 Å². The van der Waals surface area contributed by atoms with Gasteiger partial charge in [-0.25, -0.2) is 8.78 Å². The highest BCUT2D eigenvalue weighted by Gasteiger charge is 2.20. The number of aryl methyl sites for hydroxylation is 2. The van der Waals surface area contributed by atoms with Crippen LogP contribution >= 0.6 is 11.8 Å². The molecule has 0 atom stereocenters. The molecule has 5 aromatic rings. The van der Waals surface area contributed by atoms with Gasteiger partial charge < -0.3 is 0 Å². The fourth-order valence-electron chi connectivity index (χ4n) is 3.22. The van der Waals surface area contributed by atoms with Crippen molar-refractivity contribution in [3.8, 4) is 17.1 Å². The molecule has 5 rings (SSSR count). The second kappa shape index (κ2) is 8.12. The molecule has 0 aliphatic rings. The Labute approximate surface area is 186 Å². The van der Waals surface area contributed by atoms with Gasteiger partial charge in [0.05, 0.1) is 0 Å². The molecular formula is C22H17F2N7S. The topological polar surface area (TPSA) is 73.8 Å². The van der Waals surface area contributed by atoms with Crippen molar-refractivity contribution in [3.63, 3.8) is 0 Å². The Bertz CT molecular complexity index is 1390. The first-order valence-corrected chi connectivity index (χ1v) is 10.6. The summed E-state index contributed by atoms with van der Waals surface area (Å²) in [5.41, 5.74) is 4.33. The molecule has 0 amide bonds. The minimum atomic E-state index is -2.78. The molecule has 0 unspecified atom stereocenters. The molecule has 3 heterocycles. The molecular weight excluding hydrogens is 432 g/mol. The fourth-order valence-corrected chi connectivity index (χ4v) is 4.04. The Hall–Kier alpha value is -3.66. The van der Waals surface area contributed by atoms with Crippen LogP contribution in [0.4, 0.5) is 8.78 Å². The van der Waals surface area contributed by atoms with Crippen molar-refractivity contribution in [2.24, 2.45) is 0 Å². The average Bonchev–Trinajstić information content (AvgIpc) is 3.39. The van der Waals surface area contributed by atoms with Crippen molar-refractivity contribution in [1.29, 1.82) is 0 Å².